The molecule has 0 spiro atoms. The highest BCUT2D eigenvalue weighted by atomic mass is 79.9. The van der Waals surface area contributed by atoms with E-state index in [1.54, 1.807) is 24.3 Å². The molecule has 1 aliphatic heterocycles. The molecule has 1 heterocycles. The highest BCUT2D eigenvalue weighted by Crippen LogP contribution is 2.20. The van der Waals surface area contributed by atoms with Crippen molar-refractivity contribution in [2.45, 2.75) is 11.3 Å². The van der Waals surface area contributed by atoms with E-state index in [-0.39, 0.29) is 6.61 Å². The summed E-state index contributed by atoms with van der Waals surface area (Å²) in [4.78, 5) is 2.42. The minimum absolute atomic E-state index is 0.111. The minimum Gasteiger partial charge on any atom is -0.395 e. The highest BCUT2D eigenvalue weighted by Gasteiger charge is 2.26. The number of hydrogen-bond donors (Lipinski definition) is 1. The fourth-order valence-corrected chi connectivity index (χ4v) is 4.04. The third-order valence-corrected chi connectivity index (χ3v) is 5.86. The number of β-amino-alcohol motifs (C(OH)–C–C–N with tert-alkyl or cyclic N) is 1. The molecule has 1 aromatic rings. The summed E-state index contributed by atoms with van der Waals surface area (Å²) in [6.07, 6.45) is 0.787. The van der Waals surface area contributed by atoms with Crippen LogP contribution in [-0.2, 0) is 10.0 Å². The molecular weight excluding hydrogens is 344 g/mol. The van der Waals surface area contributed by atoms with Crippen LogP contribution in [-0.4, -0.2) is 62.1 Å². The number of hydrogen-bond acceptors (Lipinski definition) is 4. The van der Waals surface area contributed by atoms with Crippen LogP contribution in [0.15, 0.2) is 33.6 Å². The van der Waals surface area contributed by atoms with Gasteiger partial charge in [-0.05, 0) is 37.2 Å². The molecule has 0 saturated carbocycles. The summed E-state index contributed by atoms with van der Waals surface area (Å²) in [6.45, 7) is 3.20. The molecule has 1 saturated heterocycles. The number of nitrogens with zero attached hydrogens (tertiary/aromatic N) is 2. The van der Waals surface area contributed by atoms with Gasteiger partial charge in [-0.1, -0.05) is 15.9 Å². The number of sulfonamides is 1. The molecule has 0 bridgehead atoms. The van der Waals surface area contributed by atoms with Crippen molar-refractivity contribution in [1.29, 1.82) is 0 Å². The zero-order valence-electron chi connectivity index (χ0n) is 11.2. The first-order valence-corrected chi connectivity index (χ1v) is 8.86. The Morgan fingerprint density at radius 3 is 2.45 bits per heavy atom. The van der Waals surface area contributed by atoms with Crippen LogP contribution in [0.5, 0.6) is 0 Å². The van der Waals surface area contributed by atoms with Crippen molar-refractivity contribution in [2.75, 3.05) is 39.3 Å². The van der Waals surface area contributed by atoms with Gasteiger partial charge >= 0.3 is 0 Å². The van der Waals surface area contributed by atoms with Crippen molar-refractivity contribution in [3.63, 3.8) is 0 Å². The van der Waals surface area contributed by atoms with Gasteiger partial charge in [0.25, 0.3) is 0 Å². The van der Waals surface area contributed by atoms with Crippen molar-refractivity contribution < 1.29 is 13.5 Å². The van der Waals surface area contributed by atoms with Gasteiger partial charge in [0.2, 0.25) is 10.0 Å². The van der Waals surface area contributed by atoms with Crippen LogP contribution >= 0.6 is 15.9 Å². The molecule has 1 N–H and O–H groups in total. The molecule has 2 rings (SSSR count). The van der Waals surface area contributed by atoms with Crippen LogP contribution in [0.25, 0.3) is 0 Å². The van der Waals surface area contributed by atoms with Crippen molar-refractivity contribution in [1.82, 2.24) is 9.21 Å². The number of halogens is 1. The Balaban J connectivity index is 2.11. The number of aliphatic hydroxyl groups is 1. The van der Waals surface area contributed by atoms with Gasteiger partial charge in [0.15, 0.2) is 0 Å². The molecule has 1 aromatic carbocycles. The van der Waals surface area contributed by atoms with E-state index in [0.29, 0.717) is 31.1 Å². The summed E-state index contributed by atoms with van der Waals surface area (Å²) in [5, 5.41) is 8.96. The number of rotatable bonds is 4. The maximum Gasteiger partial charge on any atom is 0.243 e. The average molecular weight is 363 g/mol. The van der Waals surface area contributed by atoms with Gasteiger partial charge in [0, 0.05) is 30.7 Å². The monoisotopic (exact) mass is 362 g/mol. The van der Waals surface area contributed by atoms with Gasteiger partial charge in [-0.15, -0.1) is 0 Å². The molecular formula is C13H19BrN2O3S. The summed E-state index contributed by atoms with van der Waals surface area (Å²) in [7, 11) is -3.42. The normalized spacial score (nSPS) is 18.9. The first-order valence-electron chi connectivity index (χ1n) is 6.63. The van der Waals surface area contributed by atoms with E-state index in [0.717, 1.165) is 17.4 Å². The predicted octanol–water partition coefficient (Wildman–Crippen LogP) is 1.14. The third kappa shape index (κ3) is 3.79. The number of benzene rings is 1. The Labute approximate surface area is 128 Å². The quantitative estimate of drug-likeness (QED) is 0.872. The molecule has 0 amide bonds. The molecule has 112 valence electrons. The summed E-state index contributed by atoms with van der Waals surface area (Å²) >= 11 is 3.31. The first kappa shape index (κ1) is 15.9. The minimum atomic E-state index is -3.42. The molecule has 20 heavy (non-hydrogen) atoms. The molecule has 0 unspecified atom stereocenters. The third-order valence-electron chi connectivity index (χ3n) is 3.42. The Kier molecular flexibility index (Phi) is 5.57. The Bertz CT molecular complexity index is 533. The molecule has 7 heteroatoms. The molecule has 1 aliphatic rings. The second-order valence-electron chi connectivity index (χ2n) is 4.78. The summed E-state index contributed by atoms with van der Waals surface area (Å²) in [5.74, 6) is 0. The summed E-state index contributed by atoms with van der Waals surface area (Å²) in [5.41, 5.74) is 0. The molecule has 0 radical (unpaired) electrons. The van der Waals surface area contributed by atoms with E-state index in [2.05, 4.69) is 20.8 Å². The van der Waals surface area contributed by atoms with Crippen LogP contribution in [0.1, 0.15) is 6.42 Å². The highest BCUT2D eigenvalue weighted by molar-refractivity contribution is 9.10. The molecule has 1 fully saturated rings. The predicted molar refractivity (Wildman–Crippen MR) is 81.0 cm³/mol. The SMILES string of the molecule is O=S(=O)(c1ccc(Br)cc1)N1CCCN(CCO)CC1. The van der Waals surface area contributed by atoms with Crippen molar-refractivity contribution in [2.24, 2.45) is 0 Å². The van der Waals surface area contributed by atoms with Crippen molar-refractivity contribution >= 4 is 26.0 Å². The van der Waals surface area contributed by atoms with E-state index in [1.165, 1.54) is 4.31 Å². The second kappa shape index (κ2) is 7.00. The van der Waals surface area contributed by atoms with Gasteiger partial charge < -0.3 is 5.11 Å². The number of aliphatic hydroxyl groups excluding tert-OH is 1. The Hall–Kier alpha value is -0.470. The topological polar surface area (TPSA) is 60.9 Å². The van der Waals surface area contributed by atoms with Crippen LogP contribution < -0.4 is 0 Å². The van der Waals surface area contributed by atoms with E-state index >= 15 is 0 Å². The van der Waals surface area contributed by atoms with Gasteiger partial charge in [0.1, 0.15) is 0 Å². The fourth-order valence-electron chi connectivity index (χ4n) is 2.31. The van der Waals surface area contributed by atoms with Crippen LogP contribution in [0.4, 0.5) is 0 Å². The zero-order chi connectivity index (χ0) is 14.6. The Morgan fingerprint density at radius 2 is 1.80 bits per heavy atom. The van der Waals surface area contributed by atoms with Gasteiger partial charge in [0.05, 0.1) is 11.5 Å². The zero-order valence-corrected chi connectivity index (χ0v) is 13.6. The van der Waals surface area contributed by atoms with E-state index in [4.69, 9.17) is 5.11 Å². The smallest absolute Gasteiger partial charge is 0.243 e. The van der Waals surface area contributed by atoms with Gasteiger partial charge in [-0.25, -0.2) is 8.42 Å². The molecule has 0 atom stereocenters. The molecule has 5 nitrogen and oxygen atoms in total. The summed E-state index contributed by atoms with van der Waals surface area (Å²) in [6, 6.07) is 6.72. The van der Waals surface area contributed by atoms with Crippen LogP contribution in [0, 0.1) is 0 Å². The lowest BCUT2D eigenvalue weighted by atomic mass is 10.4. The maximum absolute atomic E-state index is 12.6. The van der Waals surface area contributed by atoms with E-state index in [1.807, 2.05) is 0 Å². The van der Waals surface area contributed by atoms with Crippen LogP contribution in [0.3, 0.4) is 0 Å². The van der Waals surface area contributed by atoms with Crippen LogP contribution in [0.2, 0.25) is 0 Å². The molecule has 0 aromatic heterocycles. The second-order valence-corrected chi connectivity index (χ2v) is 7.63. The lowest BCUT2D eigenvalue weighted by Crippen LogP contribution is -2.35. The van der Waals surface area contributed by atoms with E-state index < -0.39 is 10.0 Å². The van der Waals surface area contributed by atoms with Gasteiger partial charge in [-0.3, -0.25) is 4.90 Å². The van der Waals surface area contributed by atoms with Crippen molar-refractivity contribution in [3.05, 3.63) is 28.7 Å². The lowest BCUT2D eigenvalue weighted by Gasteiger charge is -2.21. The average Bonchev–Trinajstić information content (AvgIpc) is 2.66. The largest absolute Gasteiger partial charge is 0.395 e. The van der Waals surface area contributed by atoms with Gasteiger partial charge in [-0.2, -0.15) is 4.31 Å². The maximum atomic E-state index is 12.6. The fraction of sp³-hybridized carbons (Fsp3) is 0.538. The Morgan fingerprint density at radius 1 is 1.10 bits per heavy atom. The van der Waals surface area contributed by atoms with E-state index in [9.17, 15) is 8.42 Å². The summed E-state index contributed by atoms with van der Waals surface area (Å²) < 4.78 is 27.5. The standard InChI is InChI=1S/C13H19BrN2O3S/c14-12-2-4-13(5-3-12)20(18,19)16-7-1-6-15(8-9-16)10-11-17/h2-5,17H,1,6-11H2. The molecule has 0 aliphatic carbocycles. The lowest BCUT2D eigenvalue weighted by molar-refractivity contribution is 0.202. The first-order chi connectivity index (χ1) is 9.54. The van der Waals surface area contributed by atoms with Crippen molar-refractivity contribution in [3.8, 4) is 0 Å².